The van der Waals surface area contributed by atoms with Crippen molar-refractivity contribution in [2.75, 3.05) is 0 Å². The fourth-order valence-corrected chi connectivity index (χ4v) is 4.57. The van der Waals surface area contributed by atoms with Gasteiger partial charge in [0.05, 0.1) is 0 Å². The first-order valence-corrected chi connectivity index (χ1v) is 6.66. The molecule has 3 fully saturated rings. The van der Waals surface area contributed by atoms with Crippen molar-refractivity contribution in [3.05, 3.63) is 12.7 Å². The summed E-state index contributed by atoms with van der Waals surface area (Å²) in [5, 5.41) is 0. The van der Waals surface area contributed by atoms with Crippen LogP contribution in [0.3, 0.4) is 0 Å². The molecule has 98 valence electrons. The lowest BCUT2D eigenvalue weighted by molar-refractivity contribution is -0.146. The Hall–Kier alpha value is -1.32. The normalized spacial score (nSPS) is 44.4. The van der Waals surface area contributed by atoms with Gasteiger partial charge in [-0.15, -0.1) is 0 Å². The van der Waals surface area contributed by atoms with E-state index in [1.807, 2.05) is 0 Å². The van der Waals surface area contributed by atoms with Crippen LogP contribution in [0.15, 0.2) is 12.7 Å². The van der Waals surface area contributed by atoms with E-state index in [0.717, 1.165) is 25.7 Å². The van der Waals surface area contributed by atoms with E-state index in [9.17, 15) is 9.59 Å². The van der Waals surface area contributed by atoms with Gasteiger partial charge in [0.2, 0.25) is 0 Å². The molecule has 6 atom stereocenters. The van der Waals surface area contributed by atoms with Crippen molar-refractivity contribution in [1.29, 1.82) is 0 Å². The van der Waals surface area contributed by atoms with Crippen molar-refractivity contribution in [2.45, 2.75) is 37.9 Å². The van der Waals surface area contributed by atoms with Crippen molar-refractivity contribution in [3.63, 3.8) is 0 Å². The van der Waals surface area contributed by atoms with Crippen LogP contribution in [0.4, 0.5) is 0 Å². The Kier molecular flexibility index (Phi) is 2.88. The standard InChI is InChI=1S/C14H18O4/c1-2-13(16)18-11-4-3-9-10-5-8(14(9)11)6-12(10)17-7-15/h2,7-12,14H,1,3-6H2. The maximum atomic E-state index is 11.3. The predicted molar refractivity (Wildman–Crippen MR) is 63.4 cm³/mol. The summed E-state index contributed by atoms with van der Waals surface area (Å²) in [7, 11) is 0. The van der Waals surface area contributed by atoms with Gasteiger partial charge in [0.15, 0.2) is 0 Å². The predicted octanol–water partition coefficient (Wildman–Crippen LogP) is 1.69. The summed E-state index contributed by atoms with van der Waals surface area (Å²) in [6, 6.07) is 0. The first kappa shape index (κ1) is 11.8. The average Bonchev–Trinajstić information content (AvgIpc) is 3.01. The molecule has 0 aromatic carbocycles. The van der Waals surface area contributed by atoms with E-state index in [-0.39, 0.29) is 18.2 Å². The Bertz CT molecular complexity index is 378. The van der Waals surface area contributed by atoms with E-state index in [4.69, 9.17) is 9.47 Å². The van der Waals surface area contributed by atoms with Crippen molar-refractivity contribution < 1.29 is 19.1 Å². The van der Waals surface area contributed by atoms with Gasteiger partial charge >= 0.3 is 5.97 Å². The number of carbonyl (C=O) groups is 2. The third-order valence-electron chi connectivity index (χ3n) is 5.05. The molecular formula is C14H18O4. The summed E-state index contributed by atoms with van der Waals surface area (Å²) in [4.78, 5) is 21.8. The van der Waals surface area contributed by atoms with Gasteiger partial charge in [0.25, 0.3) is 6.47 Å². The second kappa shape index (κ2) is 4.41. The van der Waals surface area contributed by atoms with Crippen LogP contribution in [0.1, 0.15) is 25.7 Å². The first-order chi connectivity index (χ1) is 8.74. The Morgan fingerprint density at radius 2 is 2.00 bits per heavy atom. The molecule has 0 aromatic heterocycles. The van der Waals surface area contributed by atoms with Gasteiger partial charge in [0.1, 0.15) is 12.2 Å². The number of hydrogen-bond donors (Lipinski definition) is 0. The average molecular weight is 250 g/mol. The fraction of sp³-hybridized carbons (Fsp3) is 0.714. The maximum Gasteiger partial charge on any atom is 0.330 e. The van der Waals surface area contributed by atoms with E-state index < -0.39 is 0 Å². The molecule has 18 heavy (non-hydrogen) atoms. The SMILES string of the molecule is C=CC(=O)OC1CCC2C3CC(CC3OC=O)C12. The third kappa shape index (κ3) is 1.66. The van der Waals surface area contributed by atoms with Crippen molar-refractivity contribution in [1.82, 2.24) is 0 Å². The summed E-state index contributed by atoms with van der Waals surface area (Å²) in [5.41, 5.74) is 0. The lowest BCUT2D eigenvalue weighted by Gasteiger charge is -2.32. The van der Waals surface area contributed by atoms with Crippen LogP contribution in [0, 0.1) is 23.7 Å². The number of hydrogen-bond acceptors (Lipinski definition) is 4. The molecule has 0 aliphatic heterocycles. The summed E-state index contributed by atoms with van der Waals surface area (Å²) in [6.07, 6.45) is 5.46. The van der Waals surface area contributed by atoms with Crippen LogP contribution >= 0.6 is 0 Å². The fourth-order valence-electron chi connectivity index (χ4n) is 4.57. The minimum atomic E-state index is -0.316. The van der Waals surface area contributed by atoms with Crippen LogP contribution in [-0.4, -0.2) is 24.6 Å². The molecule has 0 saturated heterocycles. The molecule has 6 unspecified atom stereocenters. The zero-order chi connectivity index (χ0) is 12.7. The number of carbonyl (C=O) groups excluding carboxylic acids is 2. The molecule has 3 saturated carbocycles. The lowest BCUT2D eigenvalue weighted by atomic mass is 9.79. The van der Waals surface area contributed by atoms with Gasteiger partial charge in [-0.25, -0.2) is 4.79 Å². The molecule has 3 rings (SSSR count). The third-order valence-corrected chi connectivity index (χ3v) is 5.05. The maximum absolute atomic E-state index is 11.3. The Morgan fingerprint density at radius 1 is 1.17 bits per heavy atom. The second-order valence-electron chi connectivity index (χ2n) is 5.66. The topological polar surface area (TPSA) is 52.6 Å². The zero-order valence-corrected chi connectivity index (χ0v) is 10.3. The van der Waals surface area contributed by atoms with E-state index in [2.05, 4.69) is 6.58 Å². The molecule has 4 heteroatoms. The van der Waals surface area contributed by atoms with Crippen molar-refractivity contribution >= 4 is 12.4 Å². The van der Waals surface area contributed by atoms with Crippen LogP contribution in [-0.2, 0) is 19.1 Å². The molecule has 0 radical (unpaired) electrons. The van der Waals surface area contributed by atoms with E-state index in [1.165, 1.54) is 6.08 Å². The van der Waals surface area contributed by atoms with Crippen LogP contribution in [0.25, 0.3) is 0 Å². The minimum absolute atomic E-state index is 0.0488. The quantitative estimate of drug-likeness (QED) is 0.433. The molecular weight excluding hydrogens is 232 g/mol. The summed E-state index contributed by atoms with van der Waals surface area (Å²) in [6.45, 7) is 4.01. The van der Waals surface area contributed by atoms with E-state index in [1.54, 1.807) is 0 Å². The highest BCUT2D eigenvalue weighted by molar-refractivity contribution is 5.81. The lowest BCUT2D eigenvalue weighted by Crippen LogP contribution is -2.35. The highest BCUT2D eigenvalue weighted by Gasteiger charge is 2.59. The molecule has 3 aliphatic carbocycles. The van der Waals surface area contributed by atoms with Crippen LogP contribution in [0.5, 0.6) is 0 Å². The highest BCUT2D eigenvalue weighted by Crippen LogP contribution is 2.59. The van der Waals surface area contributed by atoms with Crippen molar-refractivity contribution in [3.8, 4) is 0 Å². The number of esters is 1. The van der Waals surface area contributed by atoms with Crippen LogP contribution in [0.2, 0.25) is 0 Å². The van der Waals surface area contributed by atoms with E-state index >= 15 is 0 Å². The number of ether oxygens (including phenoxy) is 2. The van der Waals surface area contributed by atoms with Gasteiger partial charge in [-0.2, -0.15) is 0 Å². The first-order valence-electron chi connectivity index (χ1n) is 6.66. The number of rotatable bonds is 4. The smallest absolute Gasteiger partial charge is 0.330 e. The molecule has 0 aromatic rings. The largest absolute Gasteiger partial charge is 0.464 e. The molecule has 3 aliphatic rings. The van der Waals surface area contributed by atoms with Gasteiger partial charge in [-0.3, -0.25) is 4.79 Å². The minimum Gasteiger partial charge on any atom is -0.464 e. The molecule has 0 spiro atoms. The molecule has 0 amide bonds. The van der Waals surface area contributed by atoms with Crippen LogP contribution < -0.4 is 0 Å². The Labute approximate surface area is 106 Å². The zero-order valence-electron chi connectivity index (χ0n) is 10.3. The summed E-state index contributed by atoms with van der Waals surface area (Å²) < 4.78 is 10.6. The Morgan fingerprint density at radius 3 is 2.72 bits per heavy atom. The Balaban J connectivity index is 1.69. The molecule has 2 bridgehead atoms. The molecule has 4 nitrogen and oxygen atoms in total. The summed E-state index contributed by atoms with van der Waals surface area (Å²) >= 11 is 0. The monoisotopic (exact) mass is 250 g/mol. The van der Waals surface area contributed by atoms with Gasteiger partial charge < -0.3 is 9.47 Å². The van der Waals surface area contributed by atoms with Gasteiger partial charge in [-0.05, 0) is 43.4 Å². The van der Waals surface area contributed by atoms with E-state index in [0.29, 0.717) is 30.1 Å². The number of fused-ring (bicyclic) bond motifs is 5. The van der Waals surface area contributed by atoms with Crippen molar-refractivity contribution in [2.24, 2.45) is 23.7 Å². The van der Waals surface area contributed by atoms with Gasteiger partial charge in [-0.1, -0.05) is 6.58 Å². The summed E-state index contributed by atoms with van der Waals surface area (Å²) in [5.74, 6) is 1.76. The molecule has 0 heterocycles. The second-order valence-corrected chi connectivity index (χ2v) is 5.66. The highest BCUT2D eigenvalue weighted by atomic mass is 16.5. The molecule has 0 N–H and O–H groups in total. The van der Waals surface area contributed by atoms with Gasteiger partial charge in [0, 0.05) is 12.0 Å².